The summed E-state index contributed by atoms with van der Waals surface area (Å²) in [4.78, 5) is 48.9. The third kappa shape index (κ3) is 11.5. The number of aliphatic hydroxyl groups excluding tert-OH is 1. The van der Waals surface area contributed by atoms with Crippen LogP contribution in [-0.2, 0) is 56.8 Å². The normalized spacial score (nSPS) is 28.8. The Morgan fingerprint density at radius 3 is 1.64 bits per heavy atom. The quantitative estimate of drug-likeness (QED) is 0.114. The number of rotatable bonds is 6. The average molecular weight is 971 g/mol. The second kappa shape index (κ2) is 21.7. The summed E-state index contributed by atoms with van der Waals surface area (Å²) in [5.41, 5.74) is 4.55. The topological polar surface area (TPSA) is 199 Å². The zero-order valence-electron chi connectivity index (χ0n) is 42.0. The minimum atomic E-state index is -0.883. The van der Waals surface area contributed by atoms with Gasteiger partial charge in [0.2, 0.25) is 0 Å². The first-order valence-corrected chi connectivity index (χ1v) is 23.5. The lowest BCUT2D eigenvalue weighted by molar-refractivity contribution is -0.152. The van der Waals surface area contributed by atoms with Crippen LogP contribution in [0.4, 0.5) is 0 Å². The molecule has 0 amide bonds. The first-order valence-electron chi connectivity index (χ1n) is 23.5. The Hall–Kier alpha value is -5.73. The van der Waals surface area contributed by atoms with Gasteiger partial charge in [-0.05, 0) is 60.5 Å². The van der Waals surface area contributed by atoms with Crippen LogP contribution in [0.25, 0.3) is 34.2 Å². The Morgan fingerprint density at radius 1 is 0.657 bits per heavy atom. The molecule has 2 saturated heterocycles. The SMILES string of the molecule is COCOc1cc2c(ncn2C)c2c1C(=O)O[C@@H](C)[C@H](C)/C=C\C(=O)[C@H]1OC(C)(C)O[C@H]1CC=C2.COCOc1cc2c(ncn2C)c2c1C(=O)O[C@@H](C)[C@H](C)/C=C\C(O)[C@H]1OC(C)(C)O[C@H]1CC=C2. The summed E-state index contributed by atoms with van der Waals surface area (Å²) >= 11 is 0. The van der Waals surface area contributed by atoms with Gasteiger partial charge in [0, 0.05) is 63.4 Å². The van der Waals surface area contributed by atoms with Gasteiger partial charge < -0.3 is 61.6 Å². The highest BCUT2D eigenvalue weighted by Crippen LogP contribution is 2.38. The maximum atomic E-state index is 13.5. The molecule has 1 unspecified atom stereocenters. The summed E-state index contributed by atoms with van der Waals surface area (Å²) in [5.74, 6) is -2.64. The van der Waals surface area contributed by atoms with Crippen molar-refractivity contribution in [3.63, 3.8) is 0 Å². The fourth-order valence-corrected chi connectivity index (χ4v) is 8.69. The van der Waals surface area contributed by atoms with Gasteiger partial charge in [0.1, 0.15) is 53.1 Å². The molecule has 9 atom stereocenters. The van der Waals surface area contributed by atoms with Crippen LogP contribution in [0.1, 0.15) is 100 Å². The van der Waals surface area contributed by atoms with E-state index in [4.69, 9.17) is 47.4 Å². The predicted octanol–water partition coefficient (Wildman–Crippen LogP) is 7.39. The lowest BCUT2D eigenvalue weighted by Crippen LogP contribution is -2.34. The average Bonchev–Trinajstić information content (AvgIpc) is 4.05. The number of esters is 2. The fourth-order valence-electron chi connectivity index (χ4n) is 8.69. The van der Waals surface area contributed by atoms with Crippen LogP contribution >= 0.6 is 0 Å². The van der Waals surface area contributed by atoms with E-state index in [0.717, 1.165) is 11.0 Å². The Balaban J connectivity index is 0.000000206. The van der Waals surface area contributed by atoms with Gasteiger partial charge in [-0.3, -0.25) is 4.79 Å². The molecule has 4 aromatic rings. The number of imidazole rings is 2. The molecule has 0 radical (unpaired) electrons. The highest BCUT2D eigenvalue weighted by atomic mass is 16.8. The van der Waals surface area contributed by atoms with Gasteiger partial charge in [-0.1, -0.05) is 56.4 Å². The molecule has 18 heteroatoms. The number of cyclic esters (lactones) is 2. The molecule has 1 N–H and O–H groups in total. The Morgan fingerprint density at radius 2 is 1.13 bits per heavy atom. The minimum Gasteiger partial charge on any atom is -0.467 e. The molecule has 2 aromatic carbocycles. The number of fused-ring (bicyclic) bond motifs is 8. The Labute approximate surface area is 408 Å². The number of aryl methyl sites for hydroxylation is 2. The van der Waals surface area contributed by atoms with Crippen LogP contribution in [0.3, 0.4) is 0 Å². The molecule has 70 heavy (non-hydrogen) atoms. The molecule has 2 fully saturated rings. The summed E-state index contributed by atoms with van der Waals surface area (Å²) in [6.07, 6.45) is 14.4. The number of methoxy groups -OCH3 is 2. The van der Waals surface area contributed by atoms with Crippen molar-refractivity contribution >= 4 is 51.9 Å². The number of aromatic nitrogens is 4. The highest BCUT2D eigenvalue weighted by Gasteiger charge is 2.45. The maximum Gasteiger partial charge on any atom is 0.342 e. The zero-order chi connectivity index (χ0) is 50.7. The van der Waals surface area contributed by atoms with E-state index in [9.17, 15) is 19.5 Å². The van der Waals surface area contributed by atoms with Crippen molar-refractivity contribution < 1.29 is 66.9 Å². The molecule has 6 heterocycles. The van der Waals surface area contributed by atoms with Crippen LogP contribution < -0.4 is 9.47 Å². The largest absolute Gasteiger partial charge is 0.467 e. The van der Waals surface area contributed by atoms with Crippen molar-refractivity contribution in [3.8, 4) is 11.5 Å². The van der Waals surface area contributed by atoms with Crippen LogP contribution in [0, 0.1) is 11.8 Å². The van der Waals surface area contributed by atoms with Gasteiger partial charge in [-0.15, -0.1) is 0 Å². The lowest BCUT2D eigenvalue weighted by Gasteiger charge is -2.23. The number of benzene rings is 2. The van der Waals surface area contributed by atoms with Crippen molar-refractivity contribution in [2.45, 2.75) is 123 Å². The molecular formula is C52H66N4O14. The van der Waals surface area contributed by atoms with Crippen LogP contribution in [-0.4, -0.2) is 124 Å². The van der Waals surface area contributed by atoms with Gasteiger partial charge in [-0.2, -0.15) is 0 Å². The number of ether oxygens (including phenoxy) is 10. The molecule has 4 aliphatic rings. The summed E-state index contributed by atoms with van der Waals surface area (Å²) in [6.45, 7) is 14.6. The molecule has 0 bridgehead atoms. The monoisotopic (exact) mass is 970 g/mol. The number of hydrogen-bond acceptors (Lipinski definition) is 16. The summed E-state index contributed by atoms with van der Waals surface area (Å²) in [7, 11) is 6.77. The van der Waals surface area contributed by atoms with Crippen molar-refractivity contribution in [2.75, 3.05) is 27.8 Å². The van der Waals surface area contributed by atoms with E-state index in [1.165, 1.54) is 20.3 Å². The standard InChI is InChI=1S/C26H34N2O7.C26H32N2O7/c2*1-15-10-11-19(29)24-20(34-26(3,4)35-24)9-7-8-17-22(25(30)33-16(15)2)21(32-14-31-6)12-18-23(17)27-13-28(18)5/h7-8,10-13,15-16,19-20,24,29H,9,14H2,1-6H3;7-8,10-13,15-16,20,24H,9,14H2,1-6H3/b2*8-7?,11-10-/t15-,16+,19?,20+,24-;15-,16+,20+,24-/m11/s1. The van der Waals surface area contributed by atoms with Gasteiger partial charge in [0.15, 0.2) is 30.9 Å². The van der Waals surface area contributed by atoms with Crippen molar-refractivity contribution in [2.24, 2.45) is 25.9 Å². The minimum absolute atomic E-state index is 0.0244. The fraction of sp³-hybridized carbons (Fsp3) is 0.519. The second-order valence-electron chi connectivity index (χ2n) is 19.0. The van der Waals surface area contributed by atoms with Crippen molar-refractivity contribution in [1.29, 1.82) is 0 Å². The zero-order valence-corrected chi connectivity index (χ0v) is 42.0. The van der Waals surface area contributed by atoms with Gasteiger partial charge in [-0.25, -0.2) is 19.6 Å². The van der Waals surface area contributed by atoms with E-state index >= 15 is 0 Å². The number of aliphatic hydroxyl groups is 1. The Kier molecular flexibility index (Phi) is 16.2. The molecule has 0 saturated carbocycles. The summed E-state index contributed by atoms with van der Waals surface area (Å²) in [5, 5.41) is 10.8. The van der Waals surface area contributed by atoms with E-state index in [-0.39, 0.29) is 48.4 Å². The van der Waals surface area contributed by atoms with Gasteiger partial charge >= 0.3 is 11.9 Å². The Bertz CT molecular complexity index is 2680. The van der Waals surface area contributed by atoms with Crippen molar-refractivity contribution in [1.82, 2.24) is 19.1 Å². The third-order valence-electron chi connectivity index (χ3n) is 12.7. The number of nitrogens with zero attached hydrogens (tertiary/aromatic N) is 4. The van der Waals surface area contributed by atoms with E-state index < -0.39 is 60.1 Å². The number of carbonyl (C=O) groups is 3. The second-order valence-corrected chi connectivity index (χ2v) is 19.0. The molecule has 0 aliphatic carbocycles. The van der Waals surface area contributed by atoms with E-state index in [0.29, 0.717) is 46.5 Å². The molecule has 2 aromatic heterocycles. The number of hydrogen-bond donors (Lipinski definition) is 1. The number of ketones is 1. The van der Waals surface area contributed by atoms with Crippen LogP contribution in [0.2, 0.25) is 0 Å². The van der Waals surface area contributed by atoms with Crippen LogP contribution in [0.5, 0.6) is 11.5 Å². The molecule has 0 spiro atoms. The third-order valence-corrected chi connectivity index (χ3v) is 12.7. The highest BCUT2D eigenvalue weighted by molar-refractivity contribution is 6.05. The smallest absolute Gasteiger partial charge is 0.342 e. The van der Waals surface area contributed by atoms with Gasteiger partial charge in [0.05, 0.1) is 46.9 Å². The predicted molar refractivity (Wildman–Crippen MR) is 259 cm³/mol. The summed E-state index contributed by atoms with van der Waals surface area (Å²) < 4.78 is 61.2. The van der Waals surface area contributed by atoms with Gasteiger partial charge in [0.25, 0.3) is 0 Å². The van der Waals surface area contributed by atoms with Crippen molar-refractivity contribution in [3.05, 3.63) is 83.5 Å². The molecular weight excluding hydrogens is 905 g/mol. The lowest BCUT2D eigenvalue weighted by atomic mass is 9.98. The van der Waals surface area contributed by atoms with E-state index in [1.54, 1.807) is 63.8 Å². The summed E-state index contributed by atoms with van der Waals surface area (Å²) in [6, 6.07) is 3.53. The first-order chi connectivity index (χ1) is 33.2. The maximum absolute atomic E-state index is 13.5. The molecule has 18 nitrogen and oxygen atoms in total. The first kappa shape index (κ1) is 52.1. The van der Waals surface area contributed by atoms with E-state index in [1.807, 2.05) is 82.2 Å². The van der Waals surface area contributed by atoms with E-state index in [2.05, 4.69) is 9.97 Å². The number of carbonyl (C=O) groups excluding carboxylic acids is 3. The molecule has 8 rings (SSSR count). The molecule has 4 aliphatic heterocycles. The molecule has 378 valence electrons. The van der Waals surface area contributed by atoms with Crippen LogP contribution in [0.15, 0.2) is 61.2 Å².